The Kier molecular flexibility index (Phi) is 5.24. The summed E-state index contributed by atoms with van der Waals surface area (Å²) in [4.78, 5) is 28.8. The summed E-state index contributed by atoms with van der Waals surface area (Å²) in [6, 6.07) is 7.68. The summed E-state index contributed by atoms with van der Waals surface area (Å²) in [6.45, 7) is 2.44. The van der Waals surface area contributed by atoms with Crippen LogP contribution in [-0.4, -0.2) is 40.8 Å². The Labute approximate surface area is 192 Å². The van der Waals surface area contributed by atoms with Crippen LogP contribution in [0.25, 0.3) is 10.9 Å². The van der Waals surface area contributed by atoms with Gasteiger partial charge in [0.15, 0.2) is 11.6 Å². The molecule has 2 aliphatic heterocycles. The average Bonchev–Trinajstić information content (AvgIpc) is 3.21. The highest BCUT2D eigenvalue weighted by Gasteiger charge is 2.30. The van der Waals surface area contributed by atoms with E-state index in [1.165, 1.54) is 6.20 Å². The van der Waals surface area contributed by atoms with Crippen LogP contribution in [0.15, 0.2) is 40.2 Å². The molecule has 0 radical (unpaired) electrons. The number of aromatic carboxylic acids is 1. The van der Waals surface area contributed by atoms with E-state index in [4.69, 9.17) is 10.5 Å². The van der Waals surface area contributed by atoms with Crippen LogP contribution in [0.2, 0.25) is 0 Å². The molecule has 2 aromatic carbocycles. The molecule has 0 saturated heterocycles. The van der Waals surface area contributed by atoms with E-state index >= 15 is 4.39 Å². The molecule has 2 aliphatic rings. The van der Waals surface area contributed by atoms with Gasteiger partial charge in [0.25, 0.3) is 0 Å². The number of fused-ring (bicyclic) bond motifs is 1. The summed E-state index contributed by atoms with van der Waals surface area (Å²) in [5.41, 5.74) is 6.82. The fourth-order valence-electron chi connectivity index (χ4n) is 4.23. The molecule has 1 unspecified atom stereocenters. The van der Waals surface area contributed by atoms with Crippen molar-refractivity contribution in [2.75, 3.05) is 30.0 Å². The highest BCUT2D eigenvalue weighted by Crippen LogP contribution is 2.43. The van der Waals surface area contributed by atoms with Crippen LogP contribution in [0, 0.1) is 5.82 Å². The van der Waals surface area contributed by atoms with Crippen molar-refractivity contribution in [1.82, 2.24) is 4.57 Å². The van der Waals surface area contributed by atoms with Gasteiger partial charge < -0.3 is 25.5 Å². The number of thioether (sulfide) groups is 1. The largest absolute Gasteiger partial charge is 0.487 e. The minimum absolute atomic E-state index is 0.0733. The number of para-hydroxylation sites is 1. The molecule has 2 atom stereocenters. The number of halogens is 1. The van der Waals surface area contributed by atoms with Gasteiger partial charge in [-0.15, -0.1) is 11.8 Å². The van der Waals surface area contributed by atoms with Crippen LogP contribution in [0.4, 0.5) is 21.5 Å². The highest BCUT2D eigenvalue weighted by molar-refractivity contribution is 8.00. The predicted molar refractivity (Wildman–Crippen MR) is 128 cm³/mol. The number of pyridine rings is 1. The molecule has 0 fully saturated rings. The first-order chi connectivity index (χ1) is 15.9. The number of hydrogen-bond acceptors (Lipinski definition) is 7. The number of nitrogen functional groups attached to an aromatic ring is 1. The van der Waals surface area contributed by atoms with Crippen molar-refractivity contribution in [3.8, 4) is 5.75 Å². The van der Waals surface area contributed by atoms with Gasteiger partial charge >= 0.3 is 5.97 Å². The Morgan fingerprint density at radius 3 is 3.00 bits per heavy atom. The number of anilines is 2. The number of hydrogen-bond donors (Lipinski definition) is 3. The summed E-state index contributed by atoms with van der Waals surface area (Å²) < 4.78 is 22.7. The maximum absolute atomic E-state index is 15.3. The second-order valence-electron chi connectivity index (χ2n) is 7.95. The smallest absolute Gasteiger partial charge is 0.341 e. The van der Waals surface area contributed by atoms with Gasteiger partial charge in [-0.2, -0.15) is 0 Å². The van der Waals surface area contributed by atoms with Crippen LogP contribution in [0.3, 0.4) is 0 Å². The molecule has 5 rings (SSSR count). The van der Waals surface area contributed by atoms with E-state index in [0.29, 0.717) is 17.8 Å². The number of rotatable bonds is 6. The molecule has 0 bridgehead atoms. The molecule has 33 heavy (non-hydrogen) atoms. The Morgan fingerprint density at radius 1 is 1.42 bits per heavy atom. The van der Waals surface area contributed by atoms with Crippen molar-refractivity contribution >= 4 is 51.9 Å². The van der Waals surface area contributed by atoms with Crippen molar-refractivity contribution in [3.63, 3.8) is 0 Å². The molecular formula is C23H21FN4O4S. The number of ether oxygens (including phenoxy) is 1. The maximum atomic E-state index is 15.3. The van der Waals surface area contributed by atoms with E-state index in [-0.39, 0.29) is 40.4 Å². The fraction of sp³-hybridized carbons (Fsp3) is 0.261. The number of aromatic nitrogens is 1. The van der Waals surface area contributed by atoms with E-state index in [9.17, 15) is 14.7 Å². The monoisotopic (exact) mass is 468 g/mol. The lowest BCUT2D eigenvalue weighted by Crippen LogP contribution is -2.28. The second kappa shape index (κ2) is 8.11. The van der Waals surface area contributed by atoms with Crippen molar-refractivity contribution in [3.05, 3.63) is 57.6 Å². The normalized spacial score (nSPS) is 18.2. The van der Waals surface area contributed by atoms with E-state index in [1.807, 2.05) is 37.4 Å². The zero-order chi connectivity index (χ0) is 23.3. The molecule has 3 aromatic rings. The van der Waals surface area contributed by atoms with E-state index < -0.39 is 22.8 Å². The lowest BCUT2D eigenvalue weighted by Gasteiger charge is -2.29. The third-order valence-electron chi connectivity index (χ3n) is 5.87. The molecule has 0 aliphatic carbocycles. The van der Waals surface area contributed by atoms with Crippen molar-refractivity contribution in [2.24, 2.45) is 4.99 Å². The highest BCUT2D eigenvalue weighted by atomic mass is 32.2. The van der Waals surface area contributed by atoms with Gasteiger partial charge in [-0.1, -0.05) is 18.2 Å². The molecule has 0 amide bonds. The molecule has 0 spiro atoms. The zero-order valence-electron chi connectivity index (χ0n) is 17.7. The summed E-state index contributed by atoms with van der Waals surface area (Å²) in [5.74, 6) is -1.39. The Balaban J connectivity index is 1.46. The van der Waals surface area contributed by atoms with Gasteiger partial charge in [-0.3, -0.25) is 9.79 Å². The molecule has 8 nitrogen and oxygen atoms in total. The summed E-state index contributed by atoms with van der Waals surface area (Å²) in [7, 11) is 0. The summed E-state index contributed by atoms with van der Waals surface area (Å²) >= 11 is 1.67. The predicted octanol–water partition coefficient (Wildman–Crippen LogP) is 3.98. The average molecular weight is 469 g/mol. The van der Waals surface area contributed by atoms with Gasteiger partial charge in [0.2, 0.25) is 5.43 Å². The number of nitrogens with one attached hydrogen (secondary N) is 1. The number of aliphatic imine (C=N–C) groups is 1. The molecular weight excluding hydrogens is 447 g/mol. The third-order valence-corrected chi connectivity index (χ3v) is 7.04. The van der Waals surface area contributed by atoms with Gasteiger partial charge in [0, 0.05) is 24.7 Å². The van der Waals surface area contributed by atoms with Crippen molar-refractivity contribution < 1.29 is 19.0 Å². The Bertz CT molecular complexity index is 1390. The molecule has 0 saturated carbocycles. The molecule has 10 heteroatoms. The Morgan fingerprint density at radius 2 is 2.21 bits per heavy atom. The topological polar surface area (TPSA) is 119 Å². The minimum Gasteiger partial charge on any atom is -0.487 e. The number of carbonyl (C=O) groups is 1. The Hall–Kier alpha value is -3.53. The first-order valence-corrected chi connectivity index (χ1v) is 11.5. The SMILES string of the molecule is C[C@H]1COc2c(NCCSC3C=Nc4ccccc43)c(F)c(N)c3c(=O)c(C(=O)O)cn1c23. The number of carboxylic acids is 1. The quantitative estimate of drug-likeness (QED) is 0.370. The number of nitrogens with two attached hydrogens (primary N) is 1. The van der Waals surface area contributed by atoms with Crippen LogP contribution in [-0.2, 0) is 0 Å². The molecule has 170 valence electrons. The molecule has 3 heterocycles. The van der Waals surface area contributed by atoms with Gasteiger partial charge in [-0.05, 0) is 18.6 Å². The van der Waals surface area contributed by atoms with Crippen LogP contribution in [0.5, 0.6) is 5.75 Å². The van der Waals surface area contributed by atoms with Crippen LogP contribution < -0.4 is 21.2 Å². The molecule has 1 aromatic heterocycles. The van der Waals surface area contributed by atoms with Crippen LogP contribution in [0.1, 0.15) is 34.1 Å². The summed E-state index contributed by atoms with van der Waals surface area (Å²) in [5, 5.41) is 12.4. The van der Waals surface area contributed by atoms with Gasteiger partial charge in [0.1, 0.15) is 17.9 Å². The van der Waals surface area contributed by atoms with Crippen molar-refractivity contribution in [1.29, 1.82) is 0 Å². The second-order valence-corrected chi connectivity index (χ2v) is 9.20. The van der Waals surface area contributed by atoms with Crippen molar-refractivity contribution in [2.45, 2.75) is 18.2 Å². The number of carboxylic acid groups (broad SMARTS) is 1. The lowest BCUT2D eigenvalue weighted by atomic mass is 10.0. The summed E-state index contributed by atoms with van der Waals surface area (Å²) in [6.07, 6.45) is 3.18. The van der Waals surface area contributed by atoms with E-state index in [1.54, 1.807) is 16.3 Å². The van der Waals surface area contributed by atoms with E-state index in [2.05, 4.69) is 10.3 Å². The first-order valence-electron chi connectivity index (χ1n) is 10.4. The first kappa shape index (κ1) is 21.3. The third kappa shape index (κ3) is 3.41. The zero-order valence-corrected chi connectivity index (χ0v) is 18.5. The van der Waals surface area contributed by atoms with E-state index in [0.717, 1.165) is 11.3 Å². The number of nitrogens with zero attached hydrogens (tertiary/aromatic N) is 2. The maximum Gasteiger partial charge on any atom is 0.341 e. The molecule has 4 N–H and O–H groups in total. The standard InChI is InChI=1S/C23H21FN4O4S/c1-11-10-32-22-19(26-6-7-33-15-8-27-14-5-3-2-4-12(14)15)17(24)18(25)16-20(22)28(11)9-13(21(16)29)23(30)31/h2-5,8-9,11,15,26H,6-7,10,25H2,1H3,(H,30,31)/t11-,15?/m0/s1. The minimum atomic E-state index is -1.39. The van der Waals surface area contributed by atoms with Gasteiger partial charge in [0.05, 0.1) is 33.6 Å². The van der Waals surface area contributed by atoms with Gasteiger partial charge in [-0.25, -0.2) is 9.18 Å². The fourth-order valence-corrected chi connectivity index (χ4v) is 5.23. The lowest BCUT2D eigenvalue weighted by molar-refractivity contribution is 0.0694. The number of benzene rings is 2. The van der Waals surface area contributed by atoms with Crippen LogP contribution >= 0.6 is 11.8 Å².